The van der Waals surface area contributed by atoms with Gasteiger partial charge >= 0.3 is 0 Å². The molecular weight excluding hydrogens is 340 g/mol. The quantitative estimate of drug-likeness (QED) is 0.863. The van der Waals surface area contributed by atoms with E-state index < -0.39 is 0 Å². The molecule has 5 heteroatoms. The van der Waals surface area contributed by atoms with Crippen LogP contribution in [0.2, 0.25) is 0 Å². The normalized spacial score (nSPS) is 21.1. The van der Waals surface area contributed by atoms with E-state index in [0.717, 1.165) is 19.5 Å². The predicted molar refractivity (Wildman–Crippen MR) is 103 cm³/mol. The molecule has 1 saturated carbocycles. The van der Waals surface area contributed by atoms with E-state index >= 15 is 0 Å². The molecule has 130 valence electrons. The molecule has 0 bridgehead atoms. The minimum Gasteiger partial charge on any atom is -0.354 e. The first-order chi connectivity index (χ1) is 11.3. The van der Waals surface area contributed by atoms with Crippen molar-refractivity contribution in [2.45, 2.75) is 51.1 Å². The molecule has 24 heavy (non-hydrogen) atoms. The van der Waals surface area contributed by atoms with Crippen LogP contribution in [-0.4, -0.2) is 18.5 Å². The van der Waals surface area contributed by atoms with Crippen molar-refractivity contribution >= 4 is 39.7 Å². The van der Waals surface area contributed by atoms with E-state index in [2.05, 4.69) is 34.9 Å². The van der Waals surface area contributed by atoms with Gasteiger partial charge in [-0.2, -0.15) is 0 Å². The van der Waals surface area contributed by atoms with E-state index in [4.69, 9.17) is 0 Å². The number of fused-ring (bicyclic) bond motifs is 3. The summed E-state index contributed by atoms with van der Waals surface area (Å²) < 4.78 is 1.34. The van der Waals surface area contributed by atoms with Crippen molar-refractivity contribution in [3.63, 3.8) is 0 Å². The van der Waals surface area contributed by atoms with Crippen LogP contribution in [0.1, 0.15) is 42.5 Å². The van der Waals surface area contributed by atoms with Crippen LogP contribution in [0.5, 0.6) is 0 Å². The minimum absolute atomic E-state index is 0. The molecule has 1 aromatic heterocycles. The fraction of sp³-hybridized carbons (Fsp3) is 0.526. The highest BCUT2D eigenvalue weighted by molar-refractivity contribution is 7.19. The molecule has 4 rings (SSSR count). The average Bonchev–Trinajstić information content (AvgIpc) is 2.98. The van der Waals surface area contributed by atoms with E-state index in [1.54, 1.807) is 0 Å². The van der Waals surface area contributed by atoms with Crippen molar-refractivity contribution in [1.82, 2.24) is 10.6 Å². The lowest BCUT2D eigenvalue weighted by Crippen LogP contribution is -2.48. The van der Waals surface area contributed by atoms with Crippen LogP contribution >= 0.6 is 23.7 Å². The summed E-state index contributed by atoms with van der Waals surface area (Å²) in [6.07, 6.45) is 7.38. The van der Waals surface area contributed by atoms with Gasteiger partial charge in [0, 0.05) is 22.7 Å². The Labute approximate surface area is 153 Å². The summed E-state index contributed by atoms with van der Waals surface area (Å²) in [6, 6.07) is 8.47. The molecule has 1 aliphatic carbocycles. The second-order valence-corrected chi connectivity index (χ2v) is 8.02. The van der Waals surface area contributed by atoms with Crippen LogP contribution in [0.15, 0.2) is 24.3 Å². The number of nitrogens with one attached hydrogen (secondary N) is 2. The SMILES string of the molecule is Cl.O=C(NCC1CCCCC1)[C@H]1Cc2c(sc3ccccc23)CN1. The number of hydrogen-bond donors (Lipinski definition) is 2. The highest BCUT2D eigenvalue weighted by Gasteiger charge is 2.27. The van der Waals surface area contributed by atoms with Crippen LogP contribution in [-0.2, 0) is 17.8 Å². The third-order valence-corrected chi connectivity index (χ3v) is 6.52. The Morgan fingerprint density at radius 3 is 2.83 bits per heavy atom. The standard InChI is InChI=1S/C19H24N2OS.ClH/c22-19(21-11-13-6-2-1-3-7-13)16-10-15-14-8-4-5-9-17(14)23-18(15)12-20-16;/h4-5,8-9,13,16,20H,1-3,6-7,10-12H2,(H,21,22);1H/t16-;/m1./s1. The van der Waals surface area contributed by atoms with Gasteiger partial charge in [-0.3, -0.25) is 4.79 Å². The van der Waals surface area contributed by atoms with E-state index in [1.165, 1.54) is 52.6 Å². The van der Waals surface area contributed by atoms with Crippen molar-refractivity contribution in [1.29, 1.82) is 0 Å². The van der Waals surface area contributed by atoms with Crippen LogP contribution in [0, 0.1) is 5.92 Å². The van der Waals surface area contributed by atoms with Crippen molar-refractivity contribution in [3.05, 3.63) is 34.7 Å². The minimum atomic E-state index is -0.0795. The molecule has 0 saturated heterocycles. The smallest absolute Gasteiger partial charge is 0.237 e. The van der Waals surface area contributed by atoms with Gasteiger partial charge in [0.1, 0.15) is 0 Å². The molecule has 1 fully saturated rings. The maximum atomic E-state index is 12.5. The summed E-state index contributed by atoms with van der Waals surface area (Å²) >= 11 is 1.86. The average molecular weight is 365 g/mol. The van der Waals surface area contributed by atoms with Crippen molar-refractivity contribution in [2.24, 2.45) is 5.92 Å². The third-order valence-electron chi connectivity index (χ3n) is 5.31. The Balaban J connectivity index is 0.00000169. The van der Waals surface area contributed by atoms with Gasteiger partial charge in [0.05, 0.1) is 6.04 Å². The van der Waals surface area contributed by atoms with Gasteiger partial charge in [-0.05, 0) is 42.2 Å². The van der Waals surface area contributed by atoms with Crippen LogP contribution in [0.4, 0.5) is 0 Å². The van der Waals surface area contributed by atoms with Crippen LogP contribution in [0.25, 0.3) is 10.1 Å². The topological polar surface area (TPSA) is 41.1 Å². The first-order valence-corrected chi connectivity index (χ1v) is 9.63. The molecule has 0 spiro atoms. The molecule has 0 unspecified atom stereocenters. The summed E-state index contributed by atoms with van der Waals surface area (Å²) in [6.45, 7) is 1.67. The van der Waals surface area contributed by atoms with Gasteiger partial charge < -0.3 is 10.6 Å². The van der Waals surface area contributed by atoms with Crippen LogP contribution in [0.3, 0.4) is 0 Å². The number of rotatable bonds is 3. The number of hydrogen-bond acceptors (Lipinski definition) is 3. The fourth-order valence-electron chi connectivity index (χ4n) is 3.95. The van der Waals surface area contributed by atoms with Crippen LogP contribution < -0.4 is 10.6 Å². The summed E-state index contributed by atoms with van der Waals surface area (Å²) in [7, 11) is 0. The van der Waals surface area contributed by atoms with E-state index in [1.807, 2.05) is 11.3 Å². The Bertz CT molecular complexity index is 708. The van der Waals surface area contributed by atoms with Gasteiger partial charge in [-0.15, -0.1) is 23.7 Å². The van der Waals surface area contributed by atoms with Crippen molar-refractivity contribution < 1.29 is 4.79 Å². The number of carbonyl (C=O) groups is 1. The molecular formula is C19H25ClN2OS. The summed E-state index contributed by atoms with van der Waals surface area (Å²) in [4.78, 5) is 13.9. The molecule has 2 aliphatic rings. The van der Waals surface area contributed by atoms with Gasteiger partial charge in [-0.1, -0.05) is 37.5 Å². The molecule has 2 N–H and O–H groups in total. The molecule has 1 amide bonds. The monoisotopic (exact) mass is 364 g/mol. The lowest BCUT2D eigenvalue weighted by molar-refractivity contribution is -0.123. The van der Waals surface area contributed by atoms with E-state index in [-0.39, 0.29) is 24.4 Å². The second-order valence-electron chi connectivity index (χ2n) is 6.89. The molecule has 0 radical (unpaired) electrons. The maximum Gasteiger partial charge on any atom is 0.237 e. The number of carbonyl (C=O) groups excluding carboxylic acids is 1. The largest absolute Gasteiger partial charge is 0.354 e. The van der Waals surface area contributed by atoms with E-state index in [9.17, 15) is 4.79 Å². The Kier molecular flexibility index (Phi) is 5.80. The Morgan fingerprint density at radius 2 is 2.00 bits per heavy atom. The zero-order valence-corrected chi connectivity index (χ0v) is 15.5. The number of amides is 1. The Morgan fingerprint density at radius 1 is 1.21 bits per heavy atom. The number of halogens is 1. The first kappa shape index (κ1) is 17.7. The van der Waals surface area contributed by atoms with Gasteiger partial charge in [0.2, 0.25) is 5.91 Å². The Hall–Kier alpha value is -1.10. The third kappa shape index (κ3) is 3.61. The zero-order valence-electron chi connectivity index (χ0n) is 13.8. The second kappa shape index (κ2) is 7.85. The molecule has 1 atom stereocenters. The lowest BCUT2D eigenvalue weighted by atomic mass is 9.89. The van der Waals surface area contributed by atoms with Crippen molar-refractivity contribution in [3.8, 4) is 0 Å². The van der Waals surface area contributed by atoms with Gasteiger partial charge in [0.25, 0.3) is 0 Å². The predicted octanol–water partition coefficient (Wildman–Crippen LogP) is 4.03. The first-order valence-electron chi connectivity index (χ1n) is 8.81. The summed E-state index contributed by atoms with van der Waals surface area (Å²) in [5, 5.41) is 7.95. The number of thiophene rings is 1. The molecule has 2 heterocycles. The summed E-state index contributed by atoms with van der Waals surface area (Å²) in [5.41, 5.74) is 1.38. The summed E-state index contributed by atoms with van der Waals surface area (Å²) in [5.74, 6) is 0.866. The lowest BCUT2D eigenvalue weighted by Gasteiger charge is -2.26. The van der Waals surface area contributed by atoms with E-state index in [0.29, 0.717) is 5.92 Å². The molecule has 2 aromatic rings. The molecule has 1 aliphatic heterocycles. The van der Waals surface area contributed by atoms with Gasteiger partial charge in [-0.25, -0.2) is 0 Å². The fourth-order valence-corrected chi connectivity index (χ4v) is 5.14. The highest BCUT2D eigenvalue weighted by Crippen LogP contribution is 2.34. The molecule has 1 aromatic carbocycles. The molecule has 3 nitrogen and oxygen atoms in total. The maximum absolute atomic E-state index is 12.5. The number of benzene rings is 1. The zero-order chi connectivity index (χ0) is 15.6. The van der Waals surface area contributed by atoms with Gasteiger partial charge in [0.15, 0.2) is 0 Å². The highest BCUT2D eigenvalue weighted by atomic mass is 35.5. The van der Waals surface area contributed by atoms with Crippen molar-refractivity contribution in [2.75, 3.05) is 6.54 Å².